The average Bonchev–Trinajstić information content (AvgIpc) is 2.29. The molecule has 2 rings (SSSR count). The van der Waals surface area contributed by atoms with Gasteiger partial charge in [0.05, 0.1) is 6.10 Å². The molecule has 0 radical (unpaired) electrons. The summed E-state index contributed by atoms with van der Waals surface area (Å²) in [6.45, 7) is 1.15. The van der Waals surface area contributed by atoms with Crippen molar-refractivity contribution in [1.82, 2.24) is 4.90 Å². The van der Waals surface area contributed by atoms with Gasteiger partial charge in [0.1, 0.15) is 0 Å². The van der Waals surface area contributed by atoms with Gasteiger partial charge in [-0.25, -0.2) is 0 Å². The van der Waals surface area contributed by atoms with Crippen molar-refractivity contribution in [3.05, 3.63) is 34.9 Å². The first-order chi connectivity index (χ1) is 7.66. The Morgan fingerprint density at radius 1 is 1.38 bits per heavy atom. The van der Waals surface area contributed by atoms with E-state index in [2.05, 4.69) is 0 Å². The Labute approximate surface area is 99.6 Å². The summed E-state index contributed by atoms with van der Waals surface area (Å²) in [6.07, 6.45) is 1.26. The normalized spacial score (nSPS) is 20.9. The Bertz CT molecular complexity index is 377. The zero-order valence-electron chi connectivity index (χ0n) is 8.90. The highest BCUT2D eigenvalue weighted by Crippen LogP contribution is 2.15. The number of aliphatic hydroxyl groups is 1. The molecule has 1 saturated heterocycles. The minimum Gasteiger partial charge on any atom is -0.391 e. The molecule has 4 heteroatoms. The number of rotatable bonds is 1. The molecule has 0 aliphatic carbocycles. The molecule has 1 aromatic rings. The van der Waals surface area contributed by atoms with E-state index in [0.717, 1.165) is 19.4 Å². The molecule has 1 aliphatic rings. The Kier molecular flexibility index (Phi) is 3.46. The molecule has 0 spiro atoms. The number of amides is 1. The van der Waals surface area contributed by atoms with Crippen LogP contribution >= 0.6 is 11.6 Å². The van der Waals surface area contributed by atoms with Gasteiger partial charge in [0.15, 0.2) is 0 Å². The van der Waals surface area contributed by atoms with Crippen molar-refractivity contribution in [1.29, 1.82) is 0 Å². The van der Waals surface area contributed by atoms with Crippen molar-refractivity contribution in [2.75, 3.05) is 13.1 Å². The van der Waals surface area contributed by atoms with Gasteiger partial charge >= 0.3 is 0 Å². The van der Waals surface area contributed by atoms with Crippen molar-refractivity contribution >= 4 is 17.5 Å². The van der Waals surface area contributed by atoms with Crippen LogP contribution in [0.1, 0.15) is 23.2 Å². The van der Waals surface area contributed by atoms with Gasteiger partial charge in [0.25, 0.3) is 5.91 Å². The molecule has 1 fully saturated rings. The van der Waals surface area contributed by atoms with Gasteiger partial charge in [0.2, 0.25) is 0 Å². The lowest BCUT2D eigenvalue weighted by Crippen LogP contribution is -2.42. The Morgan fingerprint density at radius 2 is 2.06 bits per heavy atom. The number of β-amino-alcohol motifs (C(OH)–C–C–N with tert-alkyl or cyclic N) is 1. The number of benzene rings is 1. The van der Waals surface area contributed by atoms with Crippen LogP contribution in [0.5, 0.6) is 0 Å². The van der Waals surface area contributed by atoms with Gasteiger partial charge in [-0.3, -0.25) is 4.79 Å². The second-order valence-corrected chi connectivity index (χ2v) is 4.49. The second-order valence-electron chi connectivity index (χ2n) is 4.05. The minimum atomic E-state index is -0.384. The Balaban J connectivity index is 2.09. The number of hydrogen-bond donors (Lipinski definition) is 1. The minimum absolute atomic E-state index is 0.0320. The monoisotopic (exact) mass is 239 g/mol. The third-order valence-electron chi connectivity index (χ3n) is 2.77. The summed E-state index contributed by atoms with van der Waals surface area (Å²) >= 11 is 5.76. The zero-order chi connectivity index (χ0) is 11.5. The van der Waals surface area contributed by atoms with Gasteiger partial charge in [-0.2, -0.15) is 0 Å². The first kappa shape index (κ1) is 11.4. The number of piperidine rings is 1. The highest BCUT2D eigenvalue weighted by Gasteiger charge is 2.22. The summed E-state index contributed by atoms with van der Waals surface area (Å²) in [5, 5.41) is 10.1. The molecule has 0 aromatic heterocycles. The number of carbonyl (C=O) groups is 1. The van der Waals surface area contributed by atoms with Crippen LogP contribution in [-0.4, -0.2) is 35.1 Å². The number of carbonyl (C=O) groups excluding carboxylic acids is 1. The molecular weight excluding hydrogens is 226 g/mol. The lowest BCUT2D eigenvalue weighted by molar-refractivity contribution is 0.0474. The van der Waals surface area contributed by atoms with Gasteiger partial charge < -0.3 is 10.0 Å². The van der Waals surface area contributed by atoms with Crippen LogP contribution in [0.2, 0.25) is 5.02 Å². The lowest BCUT2D eigenvalue weighted by Gasteiger charge is -2.30. The Hall–Kier alpha value is -1.06. The first-order valence-corrected chi connectivity index (χ1v) is 5.77. The summed E-state index contributed by atoms with van der Waals surface area (Å²) in [4.78, 5) is 13.7. The molecule has 0 saturated carbocycles. The summed E-state index contributed by atoms with van der Waals surface area (Å²) in [7, 11) is 0. The molecule has 1 N–H and O–H groups in total. The largest absolute Gasteiger partial charge is 0.391 e. The van der Waals surface area contributed by atoms with Crippen molar-refractivity contribution in [2.24, 2.45) is 0 Å². The number of halogens is 1. The third-order valence-corrected chi connectivity index (χ3v) is 3.03. The maximum atomic E-state index is 12.0. The number of hydrogen-bond acceptors (Lipinski definition) is 2. The molecular formula is C12H14ClNO2. The maximum Gasteiger partial charge on any atom is 0.253 e. The molecule has 1 aliphatic heterocycles. The standard InChI is InChI=1S/C12H14ClNO2/c13-10-5-3-9(4-6-10)12(16)14-7-1-2-11(15)8-14/h3-6,11,15H,1-2,7-8H2. The van der Waals surface area contributed by atoms with E-state index >= 15 is 0 Å². The average molecular weight is 240 g/mol. The second kappa shape index (κ2) is 4.85. The van der Waals surface area contributed by atoms with Gasteiger partial charge in [0, 0.05) is 23.7 Å². The highest BCUT2D eigenvalue weighted by atomic mass is 35.5. The van der Waals surface area contributed by atoms with E-state index in [4.69, 9.17) is 11.6 Å². The van der Waals surface area contributed by atoms with E-state index in [1.54, 1.807) is 29.2 Å². The summed E-state index contributed by atoms with van der Waals surface area (Å²) in [6, 6.07) is 6.83. The van der Waals surface area contributed by atoms with E-state index in [1.807, 2.05) is 0 Å². The first-order valence-electron chi connectivity index (χ1n) is 5.40. The van der Waals surface area contributed by atoms with Gasteiger partial charge in [-0.15, -0.1) is 0 Å². The van der Waals surface area contributed by atoms with E-state index in [-0.39, 0.29) is 12.0 Å². The van der Waals surface area contributed by atoms with Crippen LogP contribution in [0.15, 0.2) is 24.3 Å². The Morgan fingerprint density at radius 3 is 2.69 bits per heavy atom. The topological polar surface area (TPSA) is 40.5 Å². The van der Waals surface area contributed by atoms with Crippen molar-refractivity contribution in [2.45, 2.75) is 18.9 Å². The van der Waals surface area contributed by atoms with Crippen LogP contribution < -0.4 is 0 Å². The molecule has 0 bridgehead atoms. The molecule has 1 aromatic carbocycles. The van der Waals surface area contributed by atoms with E-state index in [0.29, 0.717) is 17.1 Å². The van der Waals surface area contributed by atoms with Crippen molar-refractivity contribution in [3.8, 4) is 0 Å². The zero-order valence-corrected chi connectivity index (χ0v) is 9.65. The van der Waals surface area contributed by atoms with Crippen LogP contribution in [-0.2, 0) is 0 Å². The fourth-order valence-electron chi connectivity index (χ4n) is 1.91. The SMILES string of the molecule is O=C(c1ccc(Cl)cc1)N1CCCC(O)C1. The summed E-state index contributed by atoms with van der Waals surface area (Å²) < 4.78 is 0. The van der Waals surface area contributed by atoms with E-state index in [1.165, 1.54) is 0 Å². The molecule has 86 valence electrons. The third kappa shape index (κ3) is 2.54. The highest BCUT2D eigenvalue weighted by molar-refractivity contribution is 6.30. The lowest BCUT2D eigenvalue weighted by atomic mass is 10.1. The molecule has 3 nitrogen and oxygen atoms in total. The van der Waals surface area contributed by atoms with E-state index < -0.39 is 0 Å². The van der Waals surface area contributed by atoms with E-state index in [9.17, 15) is 9.90 Å². The van der Waals surface area contributed by atoms with Crippen molar-refractivity contribution in [3.63, 3.8) is 0 Å². The molecule has 16 heavy (non-hydrogen) atoms. The van der Waals surface area contributed by atoms with Crippen LogP contribution in [0, 0.1) is 0 Å². The molecule has 1 unspecified atom stereocenters. The fourth-order valence-corrected chi connectivity index (χ4v) is 2.04. The number of likely N-dealkylation sites (tertiary alicyclic amines) is 1. The quantitative estimate of drug-likeness (QED) is 0.814. The smallest absolute Gasteiger partial charge is 0.253 e. The van der Waals surface area contributed by atoms with Crippen molar-refractivity contribution < 1.29 is 9.90 Å². The molecule has 1 amide bonds. The molecule has 1 atom stereocenters. The number of nitrogens with zero attached hydrogens (tertiary/aromatic N) is 1. The number of aliphatic hydroxyl groups excluding tert-OH is 1. The fraction of sp³-hybridized carbons (Fsp3) is 0.417. The van der Waals surface area contributed by atoms with Crippen LogP contribution in [0.3, 0.4) is 0 Å². The van der Waals surface area contributed by atoms with Crippen LogP contribution in [0.4, 0.5) is 0 Å². The molecule has 1 heterocycles. The van der Waals surface area contributed by atoms with Crippen LogP contribution in [0.25, 0.3) is 0 Å². The van der Waals surface area contributed by atoms with Gasteiger partial charge in [-0.05, 0) is 37.1 Å². The summed E-state index contributed by atoms with van der Waals surface area (Å²) in [5.74, 6) is -0.0320. The maximum absolute atomic E-state index is 12.0. The summed E-state index contributed by atoms with van der Waals surface area (Å²) in [5.41, 5.74) is 0.624. The van der Waals surface area contributed by atoms with Gasteiger partial charge in [-0.1, -0.05) is 11.6 Å². The predicted molar refractivity (Wildman–Crippen MR) is 62.6 cm³/mol. The predicted octanol–water partition coefficient (Wildman–Crippen LogP) is 1.94.